The van der Waals surface area contributed by atoms with Crippen molar-refractivity contribution >= 4 is 29.5 Å². The van der Waals surface area contributed by atoms with Gasteiger partial charge in [0.05, 0.1) is 4.90 Å². The topological polar surface area (TPSA) is 6.25 Å². The van der Waals surface area contributed by atoms with Crippen LogP contribution in [0.1, 0.15) is 30.5 Å². The fourth-order valence-corrected chi connectivity index (χ4v) is 4.50. The van der Waals surface area contributed by atoms with Crippen LogP contribution in [0.2, 0.25) is 0 Å². The van der Waals surface area contributed by atoms with Crippen LogP contribution < -0.4 is 4.90 Å². The van der Waals surface area contributed by atoms with Gasteiger partial charge in [0.2, 0.25) is 6.34 Å². The van der Waals surface area contributed by atoms with E-state index >= 15 is 0 Å². The number of anilines is 1. The van der Waals surface area contributed by atoms with Gasteiger partial charge in [0.1, 0.15) is 24.5 Å². The van der Waals surface area contributed by atoms with Crippen LogP contribution in [0.4, 0.5) is 11.4 Å². The molecule has 3 heteroatoms. The Bertz CT molecular complexity index is 754. The molecule has 24 heavy (non-hydrogen) atoms. The highest BCUT2D eigenvalue weighted by Gasteiger charge is 2.26. The van der Waals surface area contributed by atoms with Crippen molar-refractivity contribution in [3.8, 4) is 0 Å². The third-order valence-corrected chi connectivity index (χ3v) is 5.39. The molecule has 0 aliphatic carbocycles. The lowest BCUT2D eigenvalue weighted by atomic mass is 10.0. The highest BCUT2D eigenvalue weighted by molar-refractivity contribution is 8.00. The molecular weight excluding hydrogens is 312 g/mol. The van der Waals surface area contributed by atoms with E-state index in [1.807, 2.05) is 11.8 Å². The normalized spacial score (nSPS) is 14.4. The van der Waals surface area contributed by atoms with Gasteiger partial charge >= 0.3 is 0 Å². The standard InChI is InChI=1S/C21H27N2S/c1-15(2)24-20-9-7-6-8-19(20)22-10-11-23(14-22)21-17(4)12-16(3)13-18(21)5/h6-9,12-15H,10-11H2,1-5H3/q+1. The minimum absolute atomic E-state index is 0.589. The summed E-state index contributed by atoms with van der Waals surface area (Å²) in [7, 11) is 0. The monoisotopic (exact) mass is 339 g/mol. The number of aryl methyl sites for hydroxylation is 3. The molecule has 1 aliphatic heterocycles. The maximum Gasteiger partial charge on any atom is 0.244 e. The summed E-state index contributed by atoms with van der Waals surface area (Å²) in [5.41, 5.74) is 6.73. The molecular formula is C21H27N2S+. The van der Waals surface area contributed by atoms with Gasteiger partial charge in [-0.1, -0.05) is 43.7 Å². The first kappa shape index (κ1) is 17.1. The number of hydrogen-bond donors (Lipinski definition) is 0. The zero-order valence-electron chi connectivity index (χ0n) is 15.3. The molecule has 0 amide bonds. The largest absolute Gasteiger partial charge is 0.244 e. The van der Waals surface area contributed by atoms with E-state index in [0.29, 0.717) is 5.25 Å². The molecule has 1 aliphatic rings. The molecule has 2 aromatic rings. The fraction of sp³-hybridized carbons (Fsp3) is 0.381. The van der Waals surface area contributed by atoms with Crippen LogP contribution in [-0.4, -0.2) is 29.3 Å². The first-order valence-corrected chi connectivity index (χ1v) is 9.55. The van der Waals surface area contributed by atoms with Crippen molar-refractivity contribution in [1.29, 1.82) is 0 Å². The van der Waals surface area contributed by atoms with Gasteiger partial charge in [0, 0.05) is 5.25 Å². The lowest BCUT2D eigenvalue weighted by Gasteiger charge is -2.13. The number of hydrogen-bond acceptors (Lipinski definition) is 2. The third kappa shape index (κ3) is 3.51. The summed E-state index contributed by atoms with van der Waals surface area (Å²) < 4.78 is 2.40. The molecule has 0 aromatic heterocycles. The van der Waals surface area contributed by atoms with Gasteiger partial charge in [-0.3, -0.25) is 0 Å². The van der Waals surface area contributed by atoms with Gasteiger partial charge in [-0.25, -0.2) is 9.48 Å². The van der Waals surface area contributed by atoms with E-state index in [4.69, 9.17) is 0 Å². The molecule has 0 radical (unpaired) electrons. The summed E-state index contributed by atoms with van der Waals surface area (Å²) in [6.45, 7) is 13.2. The molecule has 0 saturated carbocycles. The van der Waals surface area contributed by atoms with Crippen LogP contribution in [0.3, 0.4) is 0 Å². The van der Waals surface area contributed by atoms with Crippen LogP contribution >= 0.6 is 11.8 Å². The molecule has 2 nitrogen and oxygen atoms in total. The van der Waals surface area contributed by atoms with Crippen LogP contribution in [0.25, 0.3) is 0 Å². The van der Waals surface area contributed by atoms with Crippen LogP contribution in [0.15, 0.2) is 41.3 Å². The zero-order valence-corrected chi connectivity index (χ0v) is 16.2. The summed E-state index contributed by atoms with van der Waals surface area (Å²) in [5.74, 6) is 0. The third-order valence-electron chi connectivity index (χ3n) is 4.32. The Kier molecular flexibility index (Phi) is 5.00. The second kappa shape index (κ2) is 7.02. The number of rotatable bonds is 4. The first-order chi connectivity index (χ1) is 11.5. The Labute approximate surface area is 150 Å². The van der Waals surface area contributed by atoms with E-state index < -0.39 is 0 Å². The van der Waals surface area contributed by atoms with Gasteiger partial charge < -0.3 is 0 Å². The minimum atomic E-state index is 0.589. The Balaban J connectivity index is 1.95. The Hall–Kier alpha value is -1.74. The molecule has 0 unspecified atom stereocenters. The highest BCUT2D eigenvalue weighted by atomic mass is 32.2. The second-order valence-electron chi connectivity index (χ2n) is 6.88. The van der Waals surface area contributed by atoms with Crippen molar-refractivity contribution in [3.05, 3.63) is 53.1 Å². The molecule has 126 valence electrons. The van der Waals surface area contributed by atoms with Crippen LogP contribution in [0, 0.1) is 20.8 Å². The highest BCUT2D eigenvalue weighted by Crippen LogP contribution is 2.34. The van der Waals surface area contributed by atoms with E-state index in [-0.39, 0.29) is 0 Å². The molecule has 0 fully saturated rings. The summed E-state index contributed by atoms with van der Waals surface area (Å²) in [5, 5.41) is 0.589. The second-order valence-corrected chi connectivity index (χ2v) is 8.50. The number of benzene rings is 2. The number of nitrogens with zero attached hydrogens (tertiary/aromatic N) is 2. The lowest BCUT2D eigenvalue weighted by molar-refractivity contribution is -0.425. The van der Waals surface area contributed by atoms with Crippen molar-refractivity contribution in [3.63, 3.8) is 0 Å². The summed E-state index contributed by atoms with van der Waals surface area (Å²) in [4.78, 5) is 3.76. The van der Waals surface area contributed by atoms with E-state index in [1.54, 1.807) is 0 Å². The van der Waals surface area contributed by atoms with Gasteiger partial charge in [0.25, 0.3) is 0 Å². The molecule has 0 spiro atoms. The van der Waals surface area contributed by atoms with Gasteiger partial charge in [-0.15, -0.1) is 11.8 Å². The smallest absolute Gasteiger partial charge is 0.229 e. The lowest BCUT2D eigenvalue weighted by Crippen LogP contribution is -2.19. The molecule has 1 heterocycles. The number of para-hydroxylation sites is 1. The summed E-state index contributed by atoms with van der Waals surface area (Å²) in [6, 6.07) is 13.3. The molecule has 0 atom stereocenters. The van der Waals surface area contributed by atoms with Gasteiger partial charge in [0.15, 0.2) is 0 Å². The Morgan fingerprint density at radius 1 is 1.04 bits per heavy atom. The SMILES string of the molecule is Cc1cc(C)c([N+]2=CN(c3ccccc3SC(C)C)CC2)c(C)c1. The van der Waals surface area contributed by atoms with E-state index in [1.165, 1.54) is 33.0 Å². The maximum absolute atomic E-state index is 2.40. The van der Waals surface area contributed by atoms with Crippen molar-refractivity contribution in [2.24, 2.45) is 0 Å². The van der Waals surface area contributed by atoms with Gasteiger partial charge in [-0.2, -0.15) is 0 Å². The average molecular weight is 340 g/mol. The zero-order chi connectivity index (χ0) is 17.3. The van der Waals surface area contributed by atoms with Crippen molar-refractivity contribution < 1.29 is 4.58 Å². The Morgan fingerprint density at radius 2 is 1.71 bits per heavy atom. The molecule has 0 N–H and O–H groups in total. The predicted octanol–water partition coefficient (Wildman–Crippen LogP) is 5.30. The summed E-state index contributed by atoms with van der Waals surface area (Å²) in [6.07, 6.45) is 2.28. The molecule has 2 aromatic carbocycles. The van der Waals surface area contributed by atoms with Crippen molar-refractivity contribution in [2.45, 2.75) is 44.8 Å². The van der Waals surface area contributed by atoms with Crippen molar-refractivity contribution in [1.82, 2.24) is 0 Å². The molecule has 3 rings (SSSR count). The predicted molar refractivity (Wildman–Crippen MR) is 106 cm³/mol. The first-order valence-electron chi connectivity index (χ1n) is 8.67. The summed E-state index contributed by atoms with van der Waals surface area (Å²) >= 11 is 1.94. The van der Waals surface area contributed by atoms with Crippen LogP contribution in [0.5, 0.6) is 0 Å². The van der Waals surface area contributed by atoms with E-state index in [9.17, 15) is 0 Å². The molecule has 0 saturated heterocycles. The molecule has 0 bridgehead atoms. The number of thioether (sulfide) groups is 1. The average Bonchev–Trinajstić information content (AvgIpc) is 2.95. The van der Waals surface area contributed by atoms with Gasteiger partial charge in [-0.05, 0) is 44.0 Å². The van der Waals surface area contributed by atoms with Crippen LogP contribution in [-0.2, 0) is 0 Å². The quantitative estimate of drug-likeness (QED) is 0.550. The van der Waals surface area contributed by atoms with E-state index in [0.717, 1.165) is 13.1 Å². The van der Waals surface area contributed by atoms with Crippen molar-refractivity contribution in [2.75, 3.05) is 18.0 Å². The van der Waals surface area contributed by atoms with E-state index in [2.05, 4.69) is 86.8 Å². The Morgan fingerprint density at radius 3 is 2.38 bits per heavy atom. The maximum atomic E-state index is 2.40. The minimum Gasteiger partial charge on any atom is -0.229 e. The fourth-order valence-electron chi connectivity index (χ4n) is 3.52.